The summed E-state index contributed by atoms with van der Waals surface area (Å²) in [5.74, 6) is 1.22. The SMILES string of the molecule is Cc1cccc(Cn2c(CCCCCNC(=O)Cc3ccc(-c4ccccc4)cc3)nc3ccccc32)c1. The first-order valence-corrected chi connectivity index (χ1v) is 13.6. The van der Waals surface area contributed by atoms with E-state index in [1.807, 2.05) is 30.3 Å². The number of unbranched alkanes of at least 4 members (excludes halogenated alkanes) is 2. The van der Waals surface area contributed by atoms with Gasteiger partial charge in [-0.15, -0.1) is 0 Å². The number of hydrogen-bond acceptors (Lipinski definition) is 2. The summed E-state index contributed by atoms with van der Waals surface area (Å²) in [4.78, 5) is 17.4. The number of aryl methyl sites for hydroxylation is 2. The van der Waals surface area contributed by atoms with E-state index in [2.05, 4.69) is 89.6 Å². The summed E-state index contributed by atoms with van der Waals surface area (Å²) < 4.78 is 2.36. The summed E-state index contributed by atoms with van der Waals surface area (Å²) in [6.45, 7) is 3.68. The third kappa shape index (κ3) is 6.57. The van der Waals surface area contributed by atoms with Crippen LogP contribution in [-0.4, -0.2) is 22.0 Å². The van der Waals surface area contributed by atoms with Crippen molar-refractivity contribution in [2.24, 2.45) is 0 Å². The molecule has 0 aliphatic carbocycles. The molecule has 0 bridgehead atoms. The first kappa shape index (κ1) is 25.5. The second-order valence-corrected chi connectivity index (χ2v) is 9.99. The Bertz CT molecular complexity index is 1490. The van der Waals surface area contributed by atoms with Crippen LogP contribution in [0.3, 0.4) is 0 Å². The molecule has 0 aliphatic rings. The summed E-state index contributed by atoms with van der Waals surface area (Å²) in [5, 5.41) is 3.09. The molecule has 192 valence electrons. The summed E-state index contributed by atoms with van der Waals surface area (Å²) in [6.07, 6.45) is 4.42. The van der Waals surface area contributed by atoms with Crippen molar-refractivity contribution in [3.8, 4) is 11.1 Å². The van der Waals surface area contributed by atoms with E-state index in [9.17, 15) is 4.79 Å². The number of imidazole rings is 1. The predicted molar refractivity (Wildman–Crippen MR) is 156 cm³/mol. The van der Waals surface area contributed by atoms with Gasteiger partial charge in [-0.1, -0.05) is 103 Å². The number of carbonyl (C=O) groups excluding carboxylic acids is 1. The Morgan fingerprint density at radius 1 is 0.763 bits per heavy atom. The molecule has 38 heavy (non-hydrogen) atoms. The van der Waals surface area contributed by atoms with Gasteiger partial charge in [0.25, 0.3) is 0 Å². The van der Waals surface area contributed by atoms with E-state index in [1.54, 1.807) is 0 Å². The van der Waals surface area contributed by atoms with E-state index in [4.69, 9.17) is 4.98 Å². The number of fused-ring (bicyclic) bond motifs is 1. The number of nitrogens with zero attached hydrogens (tertiary/aromatic N) is 2. The fourth-order valence-electron chi connectivity index (χ4n) is 4.99. The van der Waals surface area contributed by atoms with E-state index in [0.29, 0.717) is 13.0 Å². The van der Waals surface area contributed by atoms with E-state index in [-0.39, 0.29) is 5.91 Å². The molecular formula is C34H35N3O. The molecule has 4 aromatic carbocycles. The minimum atomic E-state index is 0.0809. The highest BCUT2D eigenvalue weighted by Crippen LogP contribution is 2.21. The van der Waals surface area contributed by atoms with Gasteiger partial charge in [-0.05, 0) is 54.2 Å². The molecule has 0 fully saturated rings. The van der Waals surface area contributed by atoms with Crippen LogP contribution in [0.15, 0.2) is 103 Å². The average molecular weight is 502 g/mol. The lowest BCUT2D eigenvalue weighted by molar-refractivity contribution is -0.120. The number of hydrogen-bond donors (Lipinski definition) is 1. The summed E-state index contributed by atoms with van der Waals surface area (Å²) in [5.41, 5.74) is 8.21. The van der Waals surface area contributed by atoms with E-state index >= 15 is 0 Å². The van der Waals surface area contributed by atoms with Crippen LogP contribution >= 0.6 is 0 Å². The van der Waals surface area contributed by atoms with Crippen molar-refractivity contribution in [2.45, 2.75) is 45.6 Å². The average Bonchev–Trinajstić information content (AvgIpc) is 3.28. The second kappa shape index (κ2) is 12.4. The third-order valence-electron chi connectivity index (χ3n) is 6.98. The lowest BCUT2D eigenvalue weighted by Crippen LogP contribution is -2.26. The molecule has 1 N–H and O–H groups in total. The normalized spacial score (nSPS) is 11.1. The van der Waals surface area contributed by atoms with Gasteiger partial charge in [0.05, 0.1) is 17.5 Å². The Labute approximate surface area is 225 Å². The lowest BCUT2D eigenvalue weighted by atomic mass is 10.0. The Balaban J connectivity index is 1.08. The monoisotopic (exact) mass is 501 g/mol. The van der Waals surface area contributed by atoms with Crippen LogP contribution in [0.2, 0.25) is 0 Å². The molecule has 1 heterocycles. The predicted octanol–water partition coefficient (Wildman–Crippen LogP) is 7.13. The van der Waals surface area contributed by atoms with Gasteiger partial charge in [0.15, 0.2) is 0 Å². The third-order valence-corrected chi connectivity index (χ3v) is 6.98. The van der Waals surface area contributed by atoms with Crippen molar-refractivity contribution in [2.75, 3.05) is 6.54 Å². The zero-order valence-corrected chi connectivity index (χ0v) is 22.1. The van der Waals surface area contributed by atoms with E-state index in [1.165, 1.54) is 27.8 Å². The topological polar surface area (TPSA) is 46.9 Å². The molecule has 5 rings (SSSR count). The Morgan fingerprint density at radius 3 is 2.34 bits per heavy atom. The zero-order chi connectivity index (χ0) is 26.2. The number of para-hydroxylation sites is 2. The molecule has 0 saturated carbocycles. The molecule has 4 heteroatoms. The highest BCUT2D eigenvalue weighted by atomic mass is 16.1. The van der Waals surface area contributed by atoms with Gasteiger partial charge < -0.3 is 9.88 Å². The molecule has 5 aromatic rings. The highest BCUT2D eigenvalue weighted by Gasteiger charge is 2.11. The Kier molecular flexibility index (Phi) is 8.29. The van der Waals surface area contributed by atoms with E-state index < -0.39 is 0 Å². The van der Waals surface area contributed by atoms with Gasteiger partial charge in [0.1, 0.15) is 5.82 Å². The lowest BCUT2D eigenvalue weighted by Gasteiger charge is -2.10. The van der Waals surface area contributed by atoms with Gasteiger partial charge in [0.2, 0.25) is 5.91 Å². The maximum absolute atomic E-state index is 12.4. The highest BCUT2D eigenvalue weighted by molar-refractivity contribution is 5.79. The van der Waals surface area contributed by atoms with Gasteiger partial charge in [-0.25, -0.2) is 4.98 Å². The summed E-state index contributed by atoms with van der Waals surface area (Å²) in [7, 11) is 0. The van der Waals surface area contributed by atoms with E-state index in [0.717, 1.165) is 49.1 Å². The molecule has 0 unspecified atom stereocenters. The molecule has 0 radical (unpaired) electrons. The molecule has 0 saturated heterocycles. The number of carbonyl (C=O) groups is 1. The largest absolute Gasteiger partial charge is 0.356 e. The van der Waals surface area contributed by atoms with Crippen LogP contribution in [0, 0.1) is 6.92 Å². The van der Waals surface area contributed by atoms with Crippen LogP contribution in [0.5, 0.6) is 0 Å². The van der Waals surface area contributed by atoms with Crippen LogP contribution in [-0.2, 0) is 24.2 Å². The molecule has 1 aromatic heterocycles. The number of nitrogens with one attached hydrogen (secondary N) is 1. The standard InChI is InChI=1S/C34H35N3O/c1-26-11-10-12-28(23-26)25-37-32-16-8-7-15-31(32)36-33(37)17-6-3-9-22-35-34(38)24-27-18-20-30(21-19-27)29-13-4-2-5-14-29/h2,4-5,7-8,10-16,18-21,23H,3,6,9,17,22,24-25H2,1H3,(H,35,38). The molecule has 0 spiro atoms. The molecular weight excluding hydrogens is 466 g/mol. The van der Waals surface area contributed by atoms with Crippen molar-refractivity contribution < 1.29 is 4.79 Å². The van der Waals surface area contributed by atoms with Crippen LogP contribution in [0.4, 0.5) is 0 Å². The van der Waals surface area contributed by atoms with Gasteiger partial charge in [0, 0.05) is 19.5 Å². The minimum Gasteiger partial charge on any atom is -0.356 e. The maximum Gasteiger partial charge on any atom is 0.224 e. The Morgan fingerprint density at radius 2 is 1.53 bits per heavy atom. The molecule has 0 aliphatic heterocycles. The van der Waals surface area contributed by atoms with Crippen molar-refractivity contribution in [1.82, 2.24) is 14.9 Å². The fraction of sp³-hybridized carbons (Fsp3) is 0.235. The van der Waals surface area contributed by atoms with Crippen molar-refractivity contribution >= 4 is 16.9 Å². The van der Waals surface area contributed by atoms with Crippen LogP contribution in [0.25, 0.3) is 22.2 Å². The summed E-state index contributed by atoms with van der Waals surface area (Å²) in [6, 6.07) is 35.6. The maximum atomic E-state index is 12.4. The number of amides is 1. The first-order chi connectivity index (χ1) is 18.7. The Hall–Kier alpha value is -4.18. The second-order valence-electron chi connectivity index (χ2n) is 9.99. The number of aromatic nitrogens is 2. The van der Waals surface area contributed by atoms with Gasteiger partial charge >= 0.3 is 0 Å². The van der Waals surface area contributed by atoms with Crippen molar-refractivity contribution in [3.05, 3.63) is 126 Å². The zero-order valence-electron chi connectivity index (χ0n) is 22.1. The van der Waals surface area contributed by atoms with Crippen LogP contribution in [0.1, 0.15) is 41.8 Å². The first-order valence-electron chi connectivity index (χ1n) is 13.6. The van der Waals surface area contributed by atoms with Gasteiger partial charge in [-0.2, -0.15) is 0 Å². The fourth-order valence-corrected chi connectivity index (χ4v) is 4.99. The number of rotatable bonds is 11. The molecule has 4 nitrogen and oxygen atoms in total. The van der Waals surface area contributed by atoms with Crippen LogP contribution < -0.4 is 5.32 Å². The van der Waals surface area contributed by atoms with Crippen molar-refractivity contribution in [3.63, 3.8) is 0 Å². The number of benzene rings is 4. The summed E-state index contributed by atoms with van der Waals surface area (Å²) >= 11 is 0. The molecule has 1 amide bonds. The smallest absolute Gasteiger partial charge is 0.224 e. The minimum absolute atomic E-state index is 0.0809. The van der Waals surface area contributed by atoms with Gasteiger partial charge in [-0.3, -0.25) is 4.79 Å². The van der Waals surface area contributed by atoms with Crippen molar-refractivity contribution in [1.29, 1.82) is 0 Å². The quantitative estimate of drug-likeness (QED) is 0.196. The molecule has 0 atom stereocenters.